The maximum Gasteiger partial charge on any atom is 0.125 e. The van der Waals surface area contributed by atoms with E-state index in [1.807, 2.05) is 6.92 Å². The minimum Gasteiger partial charge on any atom is -0.378 e. The fourth-order valence-corrected chi connectivity index (χ4v) is 2.20. The predicted octanol–water partition coefficient (Wildman–Crippen LogP) is 1.64. The van der Waals surface area contributed by atoms with Crippen LogP contribution in [0.4, 0.5) is 0 Å². The number of hydrogen-bond acceptors (Lipinski definition) is 2. The van der Waals surface area contributed by atoms with E-state index >= 15 is 0 Å². The highest BCUT2D eigenvalue weighted by molar-refractivity contribution is 5.17. The highest BCUT2D eigenvalue weighted by Crippen LogP contribution is 2.38. The molecule has 1 atom stereocenters. The van der Waals surface area contributed by atoms with Gasteiger partial charge < -0.3 is 5.11 Å². The zero-order valence-electron chi connectivity index (χ0n) is 9.63. The lowest BCUT2D eigenvalue weighted by Crippen LogP contribution is -2.30. The van der Waals surface area contributed by atoms with Crippen LogP contribution in [0.25, 0.3) is 0 Å². The Balaban J connectivity index is 1.78. The summed E-state index contributed by atoms with van der Waals surface area (Å²) in [6.45, 7) is 5.05. The fourth-order valence-electron chi connectivity index (χ4n) is 2.20. The summed E-state index contributed by atoms with van der Waals surface area (Å²) in [5.41, 5.74) is -0.726. The Bertz CT molecular complexity index is 264. The van der Waals surface area contributed by atoms with Gasteiger partial charge in [-0.3, -0.25) is 4.90 Å². The molecule has 15 heavy (non-hydrogen) atoms. The summed E-state index contributed by atoms with van der Waals surface area (Å²) < 4.78 is 0. The molecular weight excluding hydrogens is 186 g/mol. The van der Waals surface area contributed by atoms with Crippen LogP contribution in [0.2, 0.25) is 0 Å². The van der Waals surface area contributed by atoms with Gasteiger partial charge in [0.25, 0.3) is 0 Å². The molecule has 0 radical (unpaired) electrons. The predicted molar refractivity (Wildman–Crippen MR) is 61.4 cm³/mol. The second-order valence-corrected chi connectivity index (χ2v) is 5.06. The van der Waals surface area contributed by atoms with E-state index < -0.39 is 5.60 Å². The quantitative estimate of drug-likeness (QED) is 0.696. The van der Waals surface area contributed by atoms with Crippen LogP contribution in [0.15, 0.2) is 0 Å². The Kier molecular flexibility index (Phi) is 3.33. The normalized spacial score (nSPS) is 26.5. The average molecular weight is 207 g/mol. The lowest BCUT2D eigenvalue weighted by Gasteiger charge is -2.24. The van der Waals surface area contributed by atoms with E-state index in [0.29, 0.717) is 5.92 Å². The molecule has 2 rings (SSSR count). The maximum atomic E-state index is 9.99. The molecule has 1 heterocycles. The van der Waals surface area contributed by atoms with E-state index in [2.05, 4.69) is 16.7 Å². The lowest BCUT2D eigenvalue weighted by atomic mass is 10.0. The monoisotopic (exact) mass is 207 g/mol. The van der Waals surface area contributed by atoms with Crippen LogP contribution in [0, 0.1) is 17.8 Å². The number of aliphatic hydroxyl groups is 1. The molecular formula is C13H21NO. The standard InChI is InChI=1S/C13H21NO/c1-13(15,12-6-7-12)8-5-11-14-9-3-2-4-10-14/h12,15H,2-4,6-7,9-11H2,1H3/t13-/m1/s1. The average Bonchev–Trinajstić information content (AvgIpc) is 3.02. The van der Waals surface area contributed by atoms with E-state index in [0.717, 1.165) is 19.4 Å². The molecule has 1 aliphatic carbocycles. The molecule has 84 valence electrons. The molecule has 0 bridgehead atoms. The van der Waals surface area contributed by atoms with Crippen molar-refractivity contribution in [2.75, 3.05) is 19.6 Å². The Morgan fingerprint density at radius 2 is 1.93 bits per heavy atom. The van der Waals surface area contributed by atoms with E-state index in [-0.39, 0.29) is 0 Å². The summed E-state index contributed by atoms with van der Waals surface area (Å²) in [5.74, 6) is 6.61. The number of nitrogens with zero attached hydrogens (tertiary/aromatic N) is 1. The topological polar surface area (TPSA) is 23.5 Å². The van der Waals surface area contributed by atoms with Crippen LogP contribution < -0.4 is 0 Å². The summed E-state index contributed by atoms with van der Waals surface area (Å²) in [6.07, 6.45) is 6.27. The minimum atomic E-state index is -0.726. The van der Waals surface area contributed by atoms with Crippen LogP contribution in [0.3, 0.4) is 0 Å². The van der Waals surface area contributed by atoms with Gasteiger partial charge in [0.05, 0.1) is 6.54 Å². The molecule has 2 nitrogen and oxygen atoms in total. The van der Waals surface area contributed by atoms with Crippen LogP contribution in [0.5, 0.6) is 0 Å². The first-order chi connectivity index (χ1) is 7.18. The van der Waals surface area contributed by atoms with Crippen molar-refractivity contribution in [3.8, 4) is 11.8 Å². The third-order valence-corrected chi connectivity index (χ3v) is 3.47. The molecule has 1 saturated heterocycles. The summed E-state index contributed by atoms with van der Waals surface area (Å²) >= 11 is 0. The Morgan fingerprint density at radius 1 is 1.27 bits per heavy atom. The summed E-state index contributed by atoms with van der Waals surface area (Å²) in [5, 5.41) is 9.99. The number of rotatable bonds is 2. The zero-order chi connectivity index (χ0) is 10.7. The van der Waals surface area contributed by atoms with E-state index in [9.17, 15) is 5.11 Å². The Morgan fingerprint density at radius 3 is 2.53 bits per heavy atom. The largest absolute Gasteiger partial charge is 0.378 e. The van der Waals surface area contributed by atoms with Crippen molar-refractivity contribution in [3.63, 3.8) is 0 Å². The minimum absolute atomic E-state index is 0.436. The molecule has 0 unspecified atom stereocenters. The van der Waals surface area contributed by atoms with Gasteiger partial charge in [-0.05, 0) is 51.6 Å². The van der Waals surface area contributed by atoms with Gasteiger partial charge in [-0.25, -0.2) is 0 Å². The maximum absolute atomic E-state index is 9.99. The van der Waals surface area contributed by atoms with Crippen molar-refractivity contribution in [2.24, 2.45) is 5.92 Å². The summed E-state index contributed by atoms with van der Waals surface area (Å²) in [7, 11) is 0. The fraction of sp³-hybridized carbons (Fsp3) is 0.846. The van der Waals surface area contributed by atoms with Crippen molar-refractivity contribution in [1.29, 1.82) is 0 Å². The number of likely N-dealkylation sites (tertiary alicyclic amines) is 1. The van der Waals surface area contributed by atoms with Crippen molar-refractivity contribution < 1.29 is 5.11 Å². The summed E-state index contributed by atoms with van der Waals surface area (Å²) in [4.78, 5) is 2.39. The molecule has 0 spiro atoms. The van der Waals surface area contributed by atoms with Gasteiger partial charge in [0.15, 0.2) is 0 Å². The van der Waals surface area contributed by atoms with Crippen LogP contribution in [-0.4, -0.2) is 35.2 Å². The Labute approximate surface area is 92.7 Å². The molecule has 0 amide bonds. The van der Waals surface area contributed by atoms with Gasteiger partial charge in [-0.15, -0.1) is 0 Å². The number of hydrogen-bond donors (Lipinski definition) is 1. The van der Waals surface area contributed by atoms with Crippen molar-refractivity contribution in [3.05, 3.63) is 0 Å². The van der Waals surface area contributed by atoms with Crippen LogP contribution >= 0.6 is 0 Å². The van der Waals surface area contributed by atoms with Gasteiger partial charge in [-0.2, -0.15) is 0 Å². The van der Waals surface area contributed by atoms with E-state index in [1.54, 1.807) is 0 Å². The zero-order valence-corrected chi connectivity index (χ0v) is 9.63. The first kappa shape index (κ1) is 11.0. The molecule has 2 fully saturated rings. The molecule has 1 saturated carbocycles. The van der Waals surface area contributed by atoms with Gasteiger partial charge in [0.1, 0.15) is 5.60 Å². The first-order valence-corrected chi connectivity index (χ1v) is 6.13. The molecule has 0 aromatic rings. The Hall–Kier alpha value is -0.520. The van der Waals surface area contributed by atoms with Gasteiger partial charge in [-0.1, -0.05) is 18.3 Å². The highest BCUT2D eigenvalue weighted by atomic mass is 16.3. The second kappa shape index (κ2) is 4.55. The highest BCUT2D eigenvalue weighted by Gasteiger charge is 2.38. The SMILES string of the molecule is C[C@@](O)(C#CCN1CCCCC1)C1CC1. The number of piperidine rings is 1. The molecule has 2 aliphatic rings. The third kappa shape index (κ3) is 3.22. The molecule has 2 heteroatoms. The molecule has 0 aromatic carbocycles. The van der Waals surface area contributed by atoms with Crippen molar-refractivity contribution in [2.45, 2.75) is 44.6 Å². The smallest absolute Gasteiger partial charge is 0.125 e. The van der Waals surface area contributed by atoms with Crippen LogP contribution in [0.1, 0.15) is 39.0 Å². The third-order valence-electron chi connectivity index (χ3n) is 3.47. The van der Waals surface area contributed by atoms with Crippen molar-refractivity contribution >= 4 is 0 Å². The van der Waals surface area contributed by atoms with Gasteiger partial charge >= 0.3 is 0 Å². The van der Waals surface area contributed by atoms with Gasteiger partial charge in [0, 0.05) is 0 Å². The van der Waals surface area contributed by atoms with Crippen molar-refractivity contribution in [1.82, 2.24) is 4.90 Å². The molecule has 1 N–H and O–H groups in total. The van der Waals surface area contributed by atoms with E-state index in [4.69, 9.17) is 0 Å². The first-order valence-electron chi connectivity index (χ1n) is 6.13. The van der Waals surface area contributed by atoms with Crippen LogP contribution in [-0.2, 0) is 0 Å². The molecule has 1 aliphatic heterocycles. The summed E-state index contributed by atoms with van der Waals surface area (Å²) in [6, 6.07) is 0. The van der Waals surface area contributed by atoms with E-state index in [1.165, 1.54) is 32.4 Å². The lowest BCUT2D eigenvalue weighted by molar-refractivity contribution is 0.0978. The second-order valence-electron chi connectivity index (χ2n) is 5.06. The van der Waals surface area contributed by atoms with Gasteiger partial charge in [0.2, 0.25) is 0 Å². The molecule has 0 aromatic heterocycles.